The average molecular weight is 264 g/mol. The minimum Gasteiger partial charge on any atom is -0.493 e. The highest BCUT2D eigenvalue weighted by atomic mass is 32.1. The number of fused-ring (bicyclic) bond motifs is 1. The number of thiocarbonyl (C=S) groups is 1. The van der Waals surface area contributed by atoms with Crippen molar-refractivity contribution >= 4 is 23.1 Å². The Morgan fingerprint density at radius 3 is 3.00 bits per heavy atom. The van der Waals surface area contributed by atoms with E-state index in [1.807, 2.05) is 24.3 Å². The molecule has 1 aromatic carbocycles. The lowest BCUT2D eigenvalue weighted by Gasteiger charge is -2.28. The molecule has 1 unspecified atom stereocenters. The van der Waals surface area contributed by atoms with Crippen LogP contribution in [0.2, 0.25) is 0 Å². The number of nitrogens with zero attached hydrogens (tertiary/aromatic N) is 1. The summed E-state index contributed by atoms with van der Waals surface area (Å²) in [5, 5.41) is 0. The first-order chi connectivity index (χ1) is 8.59. The summed E-state index contributed by atoms with van der Waals surface area (Å²) in [5.74, 6) is 0.679. The van der Waals surface area contributed by atoms with Gasteiger partial charge in [-0.25, -0.2) is 0 Å². The highest BCUT2D eigenvalue weighted by molar-refractivity contribution is 7.80. The van der Waals surface area contributed by atoms with Crippen LogP contribution in [0, 0.1) is 0 Å². The summed E-state index contributed by atoms with van der Waals surface area (Å²) in [5.41, 5.74) is 6.42. The van der Waals surface area contributed by atoms with Gasteiger partial charge < -0.3 is 15.4 Å². The number of carbonyl (C=O) groups excluding carboxylic acids is 1. The number of ether oxygens (including phenoxy) is 1. The number of benzene rings is 1. The van der Waals surface area contributed by atoms with Gasteiger partial charge in [-0.1, -0.05) is 30.4 Å². The first-order valence-corrected chi connectivity index (χ1v) is 6.25. The molecule has 96 valence electrons. The highest BCUT2D eigenvalue weighted by Crippen LogP contribution is 2.34. The first kappa shape index (κ1) is 12.8. The SMILES string of the molecule is CN(CC(N)=S)C(=O)C1CCOc2ccccc21. The van der Waals surface area contributed by atoms with Crippen LogP contribution >= 0.6 is 12.2 Å². The smallest absolute Gasteiger partial charge is 0.230 e. The van der Waals surface area contributed by atoms with E-state index in [1.165, 1.54) is 0 Å². The Kier molecular flexibility index (Phi) is 3.81. The van der Waals surface area contributed by atoms with E-state index >= 15 is 0 Å². The molecule has 1 aliphatic heterocycles. The van der Waals surface area contributed by atoms with E-state index in [0.717, 1.165) is 11.3 Å². The Bertz CT molecular complexity index is 476. The number of carbonyl (C=O) groups is 1. The minimum absolute atomic E-state index is 0.0403. The third-order valence-electron chi connectivity index (χ3n) is 3.03. The molecule has 0 aromatic heterocycles. The van der Waals surface area contributed by atoms with Crippen LogP contribution in [0.15, 0.2) is 24.3 Å². The predicted molar refractivity (Wildman–Crippen MR) is 73.7 cm³/mol. The molecular formula is C13H16N2O2S. The molecule has 0 radical (unpaired) electrons. The molecule has 0 fully saturated rings. The van der Waals surface area contributed by atoms with Gasteiger partial charge in [0.15, 0.2) is 0 Å². The Hall–Kier alpha value is -1.62. The van der Waals surface area contributed by atoms with Crippen LogP contribution in [0.5, 0.6) is 5.75 Å². The third kappa shape index (κ3) is 2.61. The van der Waals surface area contributed by atoms with Crippen molar-refractivity contribution in [1.82, 2.24) is 4.90 Å². The van der Waals surface area contributed by atoms with Gasteiger partial charge in [0.25, 0.3) is 0 Å². The number of amides is 1. The molecule has 4 nitrogen and oxygen atoms in total. The zero-order valence-electron chi connectivity index (χ0n) is 10.3. The second-order valence-corrected chi connectivity index (χ2v) is 4.91. The fourth-order valence-electron chi connectivity index (χ4n) is 2.18. The van der Waals surface area contributed by atoms with Crippen LogP contribution < -0.4 is 10.5 Å². The second kappa shape index (κ2) is 5.35. The number of nitrogens with two attached hydrogens (primary N) is 1. The number of likely N-dealkylation sites (N-methyl/N-ethyl adjacent to an activating group) is 1. The van der Waals surface area contributed by atoms with Crippen molar-refractivity contribution in [3.63, 3.8) is 0 Å². The lowest BCUT2D eigenvalue weighted by atomic mass is 9.92. The standard InChI is InChI=1S/C13H16N2O2S/c1-15(8-12(14)18)13(16)10-6-7-17-11-5-3-2-4-9(10)11/h2-5,10H,6-8H2,1H3,(H2,14,18). The molecule has 18 heavy (non-hydrogen) atoms. The van der Waals surface area contributed by atoms with Crippen molar-refractivity contribution in [2.45, 2.75) is 12.3 Å². The quantitative estimate of drug-likeness (QED) is 0.836. The predicted octanol–water partition coefficient (Wildman–Crippen LogP) is 1.30. The van der Waals surface area contributed by atoms with Gasteiger partial charge in [-0.05, 0) is 12.5 Å². The molecule has 1 aliphatic rings. The summed E-state index contributed by atoms with van der Waals surface area (Å²) < 4.78 is 5.54. The maximum atomic E-state index is 12.4. The van der Waals surface area contributed by atoms with Crippen LogP contribution in [-0.4, -0.2) is 36.0 Å². The highest BCUT2D eigenvalue weighted by Gasteiger charge is 2.29. The zero-order valence-corrected chi connectivity index (χ0v) is 11.1. The van der Waals surface area contributed by atoms with E-state index in [2.05, 4.69) is 0 Å². The molecule has 0 bridgehead atoms. The molecule has 0 aliphatic carbocycles. The van der Waals surface area contributed by atoms with Gasteiger partial charge in [-0.15, -0.1) is 0 Å². The van der Waals surface area contributed by atoms with Crippen molar-refractivity contribution < 1.29 is 9.53 Å². The van der Waals surface area contributed by atoms with Crippen LogP contribution in [-0.2, 0) is 4.79 Å². The van der Waals surface area contributed by atoms with Gasteiger partial charge in [-0.3, -0.25) is 4.79 Å². The Morgan fingerprint density at radius 1 is 1.56 bits per heavy atom. The van der Waals surface area contributed by atoms with Crippen molar-refractivity contribution in [2.24, 2.45) is 5.73 Å². The van der Waals surface area contributed by atoms with Gasteiger partial charge in [0.05, 0.1) is 24.1 Å². The Morgan fingerprint density at radius 2 is 2.28 bits per heavy atom. The number of hydrogen-bond donors (Lipinski definition) is 1. The maximum absolute atomic E-state index is 12.4. The van der Waals surface area contributed by atoms with Gasteiger partial charge in [0.1, 0.15) is 5.75 Å². The molecule has 5 heteroatoms. The number of para-hydroxylation sites is 1. The van der Waals surface area contributed by atoms with Crippen LogP contribution in [0.4, 0.5) is 0 Å². The van der Waals surface area contributed by atoms with Gasteiger partial charge >= 0.3 is 0 Å². The molecular weight excluding hydrogens is 248 g/mol. The topological polar surface area (TPSA) is 55.6 Å². The molecule has 0 spiro atoms. The van der Waals surface area contributed by atoms with E-state index in [9.17, 15) is 4.79 Å². The maximum Gasteiger partial charge on any atom is 0.230 e. The summed E-state index contributed by atoms with van der Waals surface area (Å²) in [4.78, 5) is 14.3. The third-order valence-corrected chi connectivity index (χ3v) is 3.15. The second-order valence-electron chi connectivity index (χ2n) is 4.39. The van der Waals surface area contributed by atoms with Crippen LogP contribution in [0.1, 0.15) is 17.9 Å². The van der Waals surface area contributed by atoms with E-state index in [0.29, 0.717) is 24.6 Å². The van der Waals surface area contributed by atoms with E-state index in [4.69, 9.17) is 22.7 Å². The monoisotopic (exact) mass is 264 g/mol. The summed E-state index contributed by atoms with van der Waals surface area (Å²) in [7, 11) is 1.72. The molecule has 0 saturated carbocycles. The summed E-state index contributed by atoms with van der Waals surface area (Å²) >= 11 is 4.83. The molecule has 1 atom stereocenters. The largest absolute Gasteiger partial charge is 0.493 e. The molecule has 0 saturated heterocycles. The normalized spacial score (nSPS) is 17.5. The summed E-state index contributed by atoms with van der Waals surface area (Å²) in [6.45, 7) is 0.877. The zero-order chi connectivity index (χ0) is 13.1. The van der Waals surface area contributed by atoms with E-state index in [1.54, 1.807) is 11.9 Å². The Labute approximate surface area is 112 Å². The number of hydrogen-bond acceptors (Lipinski definition) is 3. The van der Waals surface area contributed by atoms with Crippen LogP contribution in [0.25, 0.3) is 0 Å². The van der Waals surface area contributed by atoms with Crippen LogP contribution in [0.3, 0.4) is 0 Å². The number of rotatable bonds is 3. The van der Waals surface area contributed by atoms with Crippen molar-refractivity contribution in [3.8, 4) is 5.75 Å². The molecule has 1 heterocycles. The van der Waals surface area contributed by atoms with Gasteiger partial charge in [0, 0.05) is 12.6 Å². The van der Waals surface area contributed by atoms with Gasteiger partial charge in [0.2, 0.25) is 5.91 Å². The van der Waals surface area contributed by atoms with Gasteiger partial charge in [-0.2, -0.15) is 0 Å². The van der Waals surface area contributed by atoms with E-state index in [-0.39, 0.29) is 11.8 Å². The first-order valence-electron chi connectivity index (χ1n) is 5.84. The lowest BCUT2D eigenvalue weighted by Crippen LogP contribution is -2.38. The molecule has 2 N–H and O–H groups in total. The Balaban J connectivity index is 2.20. The fraction of sp³-hybridized carbons (Fsp3) is 0.385. The lowest BCUT2D eigenvalue weighted by molar-refractivity contribution is -0.131. The van der Waals surface area contributed by atoms with E-state index < -0.39 is 0 Å². The average Bonchev–Trinajstić information content (AvgIpc) is 2.36. The fourth-order valence-corrected chi connectivity index (χ4v) is 2.37. The van der Waals surface area contributed by atoms with Crippen molar-refractivity contribution in [1.29, 1.82) is 0 Å². The van der Waals surface area contributed by atoms with Crippen molar-refractivity contribution in [2.75, 3.05) is 20.2 Å². The summed E-state index contributed by atoms with van der Waals surface area (Å²) in [6.07, 6.45) is 0.692. The molecule has 1 amide bonds. The molecule has 1 aromatic rings. The molecule has 2 rings (SSSR count). The van der Waals surface area contributed by atoms with Crippen molar-refractivity contribution in [3.05, 3.63) is 29.8 Å². The minimum atomic E-state index is -0.158. The summed E-state index contributed by atoms with van der Waals surface area (Å²) in [6, 6.07) is 7.65.